The molecule has 3 nitrogen and oxygen atoms in total. The lowest BCUT2D eigenvalue weighted by Gasteiger charge is -2.29. The second kappa shape index (κ2) is 8.28. The number of rotatable bonds is 7. The Hall–Kier alpha value is -2.16. The first-order valence-corrected chi connectivity index (χ1v) is 9.39. The van der Waals surface area contributed by atoms with Crippen LogP contribution in [-0.2, 0) is 6.42 Å². The summed E-state index contributed by atoms with van der Waals surface area (Å²) >= 11 is 0. The third kappa shape index (κ3) is 4.28. The SMILES string of the molecule is COc1ccccc1N(C)C(C)Cc1ccccc1NC1CCCC1. The maximum Gasteiger partial charge on any atom is 0.142 e. The summed E-state index contributed by atoms with van der Waals surface area (Å²) < 4.78 is 5.53. The number of nitrogens with one attached hydrogen (secondary N) is 1. The van der Waals surface area contributed by atoms with Gasteiger partial charge in [-0.15, -0.1) is 0 Å². The van der Waals surface area contributed by atoms with E-state index in [4.69, 9.17) is 4.74 Å². The second-order valence-corrected chi connectivity index (χ2v) is 7.12. The van der Waals surface area contributed by atoms with Gasteiger partial charge in [-0.25, -0.2) is 0 Å². The Kier molecular flexibility index (Phi) is 5.85. The Labute approximate surface area is 152 Å². The maximum atomic E-state index is 5.53. The van der Waals surface area contributed by atoms with E-state index in [0.717, 1.165) is 17.9 Å². The fraction of sp³-hybridized carbons (Fsp3) is 0.455. The van der Waals surface area contributed by atoms with Crippen LogP contribution in [-0.4, -0.2) is 26.2 Å². The molecule has 1 saturated carbocycles. The van der Waals surface area contributed by atoms with E-state index < -0.39 is 0 Å². The molecular weight excluding hydrogens is 308 g/mol. The van der Waals surface area contributed by atoms with Gasteiger partial charge >= 0.3 is 0 Å². The molecule has 0 aromatic heterocycles. The number of benzene rings is 2. The summed E-state index contributed by atoms with van der Waals surface area (Å²) in [5.74, 6) is 0.925. The van der Waals surface area contributed by atoms with Crippen molar-refractivity contribution in [1.82, 2.24) is 0 Å². The van der Waals surface area contributed by atoms with Crippen molar-refractivity contribution < 1.29 is 4.74 Å². The van der Waals surface area contributed by atoms with Crippen LogP contribution in [0.25, 0.3) is 0 Å². The normalized spacial score (nSPS) is 15.8. The molecule has 0 saturated heterocycles. The highest BCUT2D eigenvalue weighted by Crippen LogP contribution is 2.30. The highest BCUT2D eigenvalue weighted by Gasteiger charge is 2.18. The predicted molar refractivity (Wildman–Crippen MR) is 107 cm³/mol. The molecule has 0 bridgehead atoms. The zero-order chi connectivity index (χ0) is 17.6. The van der Waals surface area contributed by atoms with E-state index in [0.29, 0.717) is 12.1 Å². The topological polar surface area (TPSA) is 24.5 Å². The van der Waals surface area contributed by atoms with Crippen LogP contribution in [0.3, 0.4) is 0 Å². The molecule has 25 heavy (non-hydrogen) atoms. The van der Waals surface area contributed by atoms with E-state index in [1.54, 1.807) is 7.11 Å². The molecule has 3 heteroatoms. The average molecular weight is 338 g/mol. The third-order valence-corrected chi connectivity index (χ3v) is 5.37. The molecule has 2 aromatic rings. The van der Waals surface area contributed by atoms with Crippen molar-refractivity contribution in [3.8, 4) is 5.75 Å². The molecule has 0 heterocycles. The molecule has 1 atom stereocenters. The minimum atomic E-state index is 0.378. The van der Waals surface area contributed by atoms with Crippen molar-refractivity contribution in [2.75, 3.05) is 24.4 Å². The first-order valence-electron chi connectivity index (χ1n) is 9.39. The number of nitrogens with zero attached hydrogens (tertiary/aromatic N) is 1. The number of methoxy groups -OCH3 is 1. The van der Waals surface area contributed by atoms with Crippen molar-refractivity contribution in [2.24, 2.45) is 0 Å². The van der Waals surface area contributed by atoms with Crippen molar-refractivity contribution in [1.29, 1.82) is 0 Å². The molecule has 1 aliphatic carbocycles. The van der Waals surface area contributed by atoms with Gasteiger partial charge in [0.15, 0.2) is 0 Å². The molecule has 2 aromatic carbocycles. The summed E-state index contributed by atoms with van der Waals surface area (Å²) in [6, 6.07) is 18.0. The second-order valence-electron chi connectivity index (χ2n) is 7.12. The quantitative estimate of drug-likeness (QED) is 0.758. The van der Waals surface area contributed by atoms with Gasteiger partial charge < -0.3 is 15.0 Å². The first kappa shape index (κ1) is 17.7. The Bertz CT molecular complexity index is 679. The van der Waals surface area contributed by atoms with Crippen molar-refractivity contribution >= 4 is 11.4 Å². The number of anilines is 2. The molecule has 1 N–H and O–H groups in total. The lowest BCUT2D eigenvalue weighted by atomic mass is 10.0. The van der Waals surface area contributed by atoms with Gasteiger partial charge in [0.25, 0.3) is 0 Å². The van der Waals surface area contributed by atoms with Crippen molar-refractivity contribution in [2.45, 2.75) is 51.1 Å². The lowest BCUT2D eigenvalue weighted by molar-refractivity contribution is 0.413. The smallest absolute Gasteiger partial charge is 0.142 e. The van der Waals surface area contributed by atoms with Crippen molar-refractivity contribution in [3.05, 3.63) is 54.1 Å². The third-order valence-electron chi connectivity index (χ3n) is 5.37. The minimum absolute atomic E-state index is 0.378. The molecule has 1 aliphatic rings. The maximum absolute atomic E-state index is 5.53. The van der Waals surface area contributed by atoms with E-state index >= 15 is 0 Å². The highest BCUT2D eigenvalue weighted by atomic mass is 16.5. The van der Waals surface area contributed by atoms with Crippen LogP contribution in [0.4, 0.5) is 11.4 Å². The van der Waals surface area contributed by atoms with Crippen LogP contribution in [0.5, 0.6) is 5.75 Å². The molecule has 3 rings (SSSR count). The van der Waals surface area contributed by atoms with Crippen LogP contribution < -0.4 is 15.0 Å². The van der Waals surface area contributed by atoms with Crippen LogP contribution in [0.1, 0.15) is 38.2 Å². The van der Waals surface area contributed by atoms with Crippen LogP contribution >= 0.6 is 0 Å². The van der Waals surface area contributed by atoms with Crippen molar-refractivity contribution in [3.63, 3.8) is 0 Å². The Morgan fingerprint density at radius 1 is 1.08 bits per heavy atom. The number of hydrogen-bond donors (Lipinski definition) is 1. The number of hydrogen-bond acceptors (Lipinski definition) is 3. The van der Waals surface area contributed by atoms with Crippen LogP contribution in [0.2, 0.25) is 0 Å². The zero-order valence-corrected chi connectivity index (χ0v) is 15.7. The standard InChI is InChI=1S/C22H30N2O/c1-17(24(2)21-14-8-9-15-22(21)25-3)16-18-10-4-7-13-20(18)23-19-11-5-6-12-19/h4,7-10,13-15,17,19,23H,5-6,11-12,16H2,1-3H3. The van der Waals surface area contributed by atoms with E-state index in [9.17, 15) is 0 Å². The van der Waals surface area contributed by atoms with E-state index in [1.165, 1.54) is 36.9 Å². The van der Waals surface area contributed by atoms with Gasteiger partial charge in [-0.3, -0.25) is 0 Å². The largest absolute Gasteiger partial charge is 0.495 e. The van der Waals surface area contributed by atoms with Gasteiger partial charge in [-0.05, 0) is 49.9 Å². The predicted octanol–water partition coefficient (Wildman–Crippen LogP) is 5.12. The van der Waals surface area contributed by atoms with E-state index in [1.807, 2.05) is 12.1 Å². The number of likely N-dealkylation sites (N-methyl/N-ethyl adjacent to an activating group) is 1. The Morgan fingerprint density at radius 3 is 2.52 bits per heavy atom. The molecule has 0 amide bonds. The molecule has 0 aliphatic heterocycles. The van der Waals surface area contributed by atoms with Crippen LogP contribution in [0.15, 0.2) is 48.5 Å². The molecule has 1 unspecified atom stereocenters. The van der Waals surface area contributed by atoms with Gasteiger partial charge in [0, 0.05) is 24.8 Å². The molecule has 134 valence electrons. The molecule has 0 radical (unpaired) electrons. The summed E-state index contributed by atoms with van der Waals surface area (Å²) in [4.78, 5) is 2.31. The number of ether oxygens (including phenoxy) is 1. The van der Waals surface area contributed by atoms with Gasteiger partial charge in [0.2, 0.25) is 0 Å². The summed E-state index contributed by atoms with van der Waals surface area (Å²) in [7, 11) is 3.88. The zero-order valence-electron chi connectivity index (χ0n) is 15.7. The minimum Gasteiger partial charge on any atom is -0.495 e. The van der Waals surface area contributed by atoms with Gasteiger partial charge in [0.05, 0.1) is 12.8 Å². The summed E-state index contributed by atoms with van der Waals surface area (Å²) in [5.41, 5.74) is 3.83. The summed E-state index contributed by atoms with van der Waals surface area (Å²) in [5, 5.41) is 3.77. The monoisotopic (exact) mass is 338 g/mol. The Balaban J connectivity index is 1.73. The molecule has 1 fully saturated rings. The van der Waals surface area contributed by atoms with Gasteiger partial charge in [-0.2, -0.15) is 0 Å². The first-order chi connectivity index (χ1) is 12.2. The highest BCUT2D eigenvalue weighted by molar-refractivity contribution is 5.59. The van der Waals surface area contributed by atoms with Gasteiger partial charge in [-0.1, -0.05) is 43.2 Å². The fourth-order valence-corrected chi connectivity index (χ4v) is 3.74. The van der Waals surface area contributed by atoms with E-state index in [-0.39, 0.29) is 0 Å². The summed E-state index contributed by atoms with van der Waals surface area (Å²) in [6.45, 7) is 2.28. The number of para-hydroxylation sites is 3. The molecule has 0 spiro atoms. The fourth-order valence-electron chi connectivity index (χ4n) is 3.74. The van der Waals surface area contributed by atoms with Gasteiger partial charge in [0.1, 0.15) is 5.75 Å². The average Bonchev–Trinajstić information content (AvgIpc) is 3.15. The lowest BCUT2D eigenvalue weighted by Crippen LogP contribution is -2.31. The van der Waals surface area contributed by atoms with Crippen LogP contribution in [0, 0.1) is 0 Å². The van der Waals surface area contributed by atoms with E-state index in [2.05, 4.69) is 60.6 Å². The Morgan fingerprint density at radius 2 is 1.76 bits per heavy atom. The summed E-state index contributed by atoms with van der Waals surface area (Å²) in [6.07, 6.45) is 6.31. The molecular formula is C22H30N2O.